The molecule has 0 radical (unpaired) electrons. The Hall–Kier alpha value is 0.390. The minimum atomic E-state index is -0.295. The Morgan fingerprint density at radius 2 is 1.80 bits per heavy atom. The summed E-state index contributed by atoms with van der Waals surface area (Å²) in [6, 6.07) is 0. The van der Waals surface area contributed by atoms with E-state index in [9.17, 15) is 0 Å². The Balaban J connectivity index is 2.02. The fourth-order valence-corrected chi connectivity index (χ4v) is 6.06. The van der Waals surface area contributed by atoms with Crippen LogP contribution in [-0.4, -0.2) is 19.0 Å². The molecule has 3 aliphatic rings. The molecule has 3 fully saturated rings. The molecule has 0 amide bonds. The largest absolute Gasteiger partial charge is 0.347 e. The van der Waals surface area contributed by atoms with Crippen molar-refractivity contribution < 1.29 is 9.47 Å². The van der Waals surface area contributed by atoms with E-state index in [1.54, 1.807) is 0 Å². The molecule has 1 saturated heterocycles. The number of rotatable bonds is 1. The van der Waals surface area contributed by atoms with E-state index in [2.05, 4.69) is 53.5 Å². The predicted molar refractivity (Wildman–Crippen MR) is 89.7 cm³/mol. The van der Waals surface area contributed by atoms with Gasteiger partial charge in [-0.25, -0.2) is 0 Å². The molecule has 0 unspecified atom stereocenters. The zero-order valence-electron chi connectivity index (χ0n) is 13.0. The van der Waals surface area contributed by atoms with Gasteiger partial charge >= 0.3 is 0 Å². The van der Waals surface area contributed by atoms with Gasteiger partial charge in [-0.15, -0.1) is 0 Å². The van der Waals surface area contributed by atoms with Crippen molar-refractivity contribution in [2.45, 2.75) is 58.7 Å². The molecular formula is C17H27IO2. The average molecular weight is 390 g/mol. The van der Waals surface area contributed by atoms with E-state index in [0.717, 1.165) is 25.6 Å². The van der Waals surface area contributed by atoms with Crippen LogP contribution in [-0.2, 0) is 9.47 Å². The minimum Gasteiger partial charge on any atom is -0.347 e. The van der Waals surface area contributed by atoms with Gasteiger partial charge in [0.1, 0.15) is 0 Å². The molecular weight excluding hydrogens is 363 g/mol. The van der Waals surface area contributed by atoms with Crippen LogP contribution in [0.15, 0.2) is 10.2 Å². The molecule has 2 saturated carbocycles. The Bertz CT molecular complexity index is 402. The van der Waals surface area contributed by atoms with E-state index in [1.165, 1.54) is 25.7 Å². The third-order valence-corrected chi connectivity index (χ3v) is 7.08. The van der Waals surface area contributed by atoms with Crippen LogP contribution in [0.5, 0.6) is 0 Å². The Morgan fingerprint density at radius 1 is 1.10 bits per heavy atom. The second-order valence-corrected chi connectivity index (χ2v) is 8.13. The Labute approximate surface area is 136 Å². The highest BCUT2D eigenvalue weighted by Crippen LogP contribution is 2.65. The monoisotopic (exact) mass is 390 g/mol. The highest BCUT2D eigenvalue weighted by atomic mass is 127. The molecule has 0 bridgehead atoms. The molecule has 0 aromatic heterocycles. The zero-order chi connectivity index (χ0) is 14.4. The van der Waals surface area contributed by atoms with Crippen LogP contribution in [0.4, 0.5) is 0 Å². The summed E-state index contributed by atoms with van der Waals surface area (Å²) in [5, 5.41) is 0. The first-order chi connectivity index (χ1) is 9.48. The summed E-state index contributed by atoms with van der Waals surface area (Å²) < 4.78 is 14.6. The molecule has 4 atom stereocenters. The van der Waals surface area contributed by atoms with Crippen LogP contribution in [0.1, 0.15) is 52.9 Å². The second-order valence-electron chi connectivity index (χ2n) is 7.41. The van der Waals surface area contributed by atoms with Crippen molar-refractivity contribution in [3.05, 3.63) is 10.2 Å². The summed E-state index contributed by atoms with van der Waals surface area (Å²) in [5.74, 6) is 1.11. The van der Waals surface area contributed by atoms with Crippen molar-refractivity contribution >= 4 is 22.6 Å². The minimum absolute atomic E-state index is 0.166. The maximum Gasteiger partial charge on any atom is 0.174 e. The normalized spacial score (nSPS) is 47.8. The van der Waals surface area contributed by atoms with Gasteiger partial charge in [-0.2, -0.15) is 0 Å². The van der Waals surface area contributed by atoms with Gasteiger partial charge in [-0.05, 0) is 47.0 Å². The fraction of sp³-hybridized carbons (Fsp3) is 0.882. The van der Waals surface area contributed by atoms with Gasteiger partial charge in [0.25, 0.3) is 0 Å². The number of fused-ring (bicyclic) bond motifs is 2. The third kappa shape index (κ3) is 1.95. The van der Waals surface area contributed by atoms with Gasteiger partial charge in [0.15, 0.2) is 5.79 Å². The number of halogens is 1. The summed E-state index contributed by atoms with van der Waals surface area (Å²) in [4.78, 5) is 0. The Kier molecular flexibility index (Phi) is 4.00. The summed E-state index contributed by atoms with van der Waals surface area (Å²) in [6.45, 7) is 8.87. The van der Waals surface area contributed by atoms with Crippen molar-refractivity contribution in [3.63, 3.8) is 0 Å². The fourth-order valence-electron chi connectivity index (χ4n) is 5.29. The molecule has 1 spiro atoms. The van der Waals surface area contributed by atoms with Crippen LogP contribution in [0.2, 0.25) is 0 Å². The summed E-state index contributed by atoms with van der Waals surface area (Å²) >= 11 is 2.37. The predicted octanol–water partition coefficient (Wildman–Crippen LogP) is 4.92. The van der Waals surface area contributed by atoms with Gasteiger partial charge in [-0.3, -0.25) is 0 Å². The van der Waals surface area contributed by atoms with Gasteiger partial charge in [0, 0.05) is 11.8 Å². The van der Waals surface area contributed by atoms with Crippen molar-refractivity contribution in [1.82, 2.24) is 0 Å². The topological polar surface area (TPSA) is 18.5 Å². The van der Waals surface area contributed by atoms with E-state index in [1.807, 2.05) is 0 Å². The highest BCUT2D eigenvalue weighted by molar-refractivity contribution is 14.1. The molecule has 0 N–H and O–H groups in total. The standard InChI is InChI=1S/C17H27IO2/c1-13-6-8-16(3)14(15(13,2)9-10-18)5-4-7-17(16)19-11-12-20-17/h9-10,13-14H,4-8,11-12H2,1-3H3/b10-9+/t13-,14+,15-,16+/m0/s1. The van der Waals surface area contributed by atoms with Crippen LogP contribution >= 0.6 is 22.6 Å². The maximum atomic E-state index is 6.21. The number of hydrogen-bond acceptors (Lipinski definition) is 2. The number of ether oxygens (including phenoxy) is 2. The van der Waals surface area contributed by atoms with Crippen molar-refractivity contribution in [1.29, 1.82) is 0 Å². The van der Waals surface area contributed by atoms with Crippen molar-refractivity contribution in [2.24, 2.45) is 22.7 Å². The van der Waals surface area contributed by atoms with E-state index in [-0.39, 0.29) is 16.6 Å². The average Bonchev–Trinajstić information content (AvgIpc) is 2.88. The first-order valence-corrected chi connectivity index (χ1v) is 9.29. The zero-order valence-corrected chi connectivity index (χ0v) is 15.1. The molecule has 1 aliphatic heterocycles. The highest BCUT2D eigenvalue weighted by Gasteiger charge is 2.64. The van der Waals surface area contributed by atoms with Crippen LogP contribution < -0.4 is 0 Å². The van der Waals surface area contributed by atoms with E-state index in [0.29, 0.717) is 5.92 Å². The molecule has 0 aromatic rings. The summed E-state index contributed by atoms with van der Waals surface area (Å²) in [5.41, 5.74) is 0.441. The first kappa shape index (κ1) is 15.3. The van der Waals surface area contributed by atoms with Crippen molar-refractivity contribution in [2.75, 3.05) is 13.2 Å². The third-order valence-electron chi connectivity index (χ3n) is 6.72. The second kappa shape index (κ2) is 5.24. The van der Waals surface area contributed by atoms with E-state index in [4.69, 9.17) is 9.47 Å². The molecule has 3 rings (SSSR count). The van der Waals surface area contributed by atoms with E-state index < -0.39 is 0 Å². The summed E-state index contributed by atoms with van der Waals surface area (Å²) in [7, 11) is 0. The molecule has 2 nitrogen and oxygen atoms in total. The lowest BCUT2D eigenvalue weighted by molar-refractivity contribution is -0.292. The van der Waals surface area contributed by atoms with Gasteiger partial charge in [0.05, 0.1) is 13.2 Å². The lowest BCUT2D eigenvalue weighted by Crippen LogP contribution is -2.61. The smallest absolute Gasteiger partial charge is 0.174 e. The SMILES string of the molecule is C[C@H]1CC[C@]2(C)[C@H](CCCC23OCCO3)[C@@]1(C)/C=C/I. The van der Waals surface area contributed by atoms with E-state index >= 15 is 0 Å². The molecule has 114 valence electrons. The van der Waals surface area contributed by atoms with Crippen LogP contribution in [0.25, 0.3) is 0 Å². The van der Waals surface area contributed by atoms with Crippen molar-refractivity contribution in [3.8, 4) is 0 Å². The molecule has 3 heteroatoms. The van der Waals surface area contributed by atoms with Crippen LogP contribution in [0, 0.1) is 22.7 Å². The molecule has 1 heterocycles. The van der Waals surface area contributed by atoms with Gasteiger partial charge < -0.3 is 9.47 Å². The first-order valence-electron chi connectivity index (χ1n) is 8.04. The lowest BCUT2D eigenvalue weighted by atomic mass is 9.46. The van der Waals surface area contributed by atoms with Crippen LogP contribution in [0.3, 0.4) is 0 Å². The number of allylic oxidation sites excluding steroid dienone is 1. The van der Waals surface area contributed by atoms with Gasteiger partial charge in [0.2, 0.25) is 0 Å². The number of hydrogen-bond donors (Lipinski definition) is 0. The molecule has 2 aliphatic carbocycles. The lowest BCUT2D eigenvalue weighted by Gasteiger charge is -2.62. The molecule has 0 aromatic carbocycles. The Morgan fingerprint density at radius 3 is 2.45 bits per heavy atom. The summed E-state index contributed by atoms with van der Waals surface area (Å²) in [6.07, 6.45) is 8.60. The van der Waals surface area contributed by atoms with Gasteiger partial charge in [-0.1, -0.05) is 49.4 Å². The molecule has 20 heavy (non-hydrogen) atoms. The maximum absolute atomic E-state index is 6.21. The quantitative estimate of drug-likeness (QED) is 0.592.